The topological polar surface area (TPSA) is 48.9 Å². The zero-order chi connectivity index (χ0) is 18.9. The Morgan fingerprint density at radius 3 is 2.36 bits per heavy atom. The summed E-state index contributed by atoms with van der Waals surface area (Å²) in [4.78, 5) is 6.77. The maximum atomic E-state index is 5.27. The lowest BCUT2D eigenvalue weighted by atomic mass is 10.2. The van der Waals surface area contributed by atoms with Gasteiger partial charge in [0.25, 0.3) is 0 Å². The second kappa shape index (κ2) is 12.1. The predicted molar refractivity (Wildman–Crippen MR) is 131 cm³/mol. The molecule has 0 saturated carbocycles. The number of nitrogens with one attached hydrogen (secondary N) is 2. The first kappa shape index (κ1) is 22.7. The van der Waals surface area contributed by atoms with Crippen LogP contribution in [-0.2, 0) is 13.1 Å². The van der Waals surface area contributed by atoms with E-state index in [1.807, 2.05) is 30.0 Å². The molecule has 1 fully saturated rings. The minimum Gasteiger partial charge on any atom is -0.497 e. The SMILES string of the molecule is CN=C(NCc1ccc(N2CCSCC2)cc1)NCc1cccc(OC)c1.I. The van der Waals surface area contributed by atoms with Gasteiger partial charge in [-0.3, -0.25) is 4.99 Å². The molecule has 2 aromatic carbocycles. The Balaban J connectivity index is 0.00000280. The monoisotopic (exact) mass is 512 g/mol. The van der Waals surface area contributed by atoms with E-state index < -0.39 is 0 Å². The Labute approximate surface area is 189 Å². The summed E-state index contributed by atoms with van der Waals surface area (Å²) in [6, 6.07) is 16.9. The maximum Gasteiger partial charge on any atom is 0.191 e. The van der Waals surface area contributed by atoms with E-state index in [9.17, 15) is 0 Å². The fourth-order valence-electron chi connectivity index (χ4n) is 3.02. The number of rotatable bonds is 6. The van der Waals surface area contributed by atoms with E-state index in [2.05, 4.69) is 50.9 Å². The minimum atomic E-state index is 0. The molecule has 3 rings (SSSR count). The molecule has 0 bridgehead atoms. The van der Waals surface area contributed by atoms with Crippen molar-refractivity contribution in [1.29, 1.82) is 0 Å². The molecule has 0 spiro atoms. The molecular formula is C21H29IN4OS. The van der Waals surface area contributed by atoms with Crippen molar-refractivity contribution in [2.45, 2.75) is 13.1 Å². The van der Waals surface area contributed by atoms with Crippen LogP contribution in [-0.4, -0.2) is 44.7 Å². The highest BCUT2D eigenvalue weighted by atomic mass is 127. The van der Waals surface area contributed by atoms with E-state index in [0.717, 1.165) is 36.9 Å². The Morgan fingerprint density at radius 1 is 1.04 bits per heavy atom. The number of methoxy groups -OCH3 is 1. The number of thioether (sulfide) groups is 1. The number of nitrogens with zero attached hydrogens (tertiary/aromatic N) is 2. The van der Waals surface area contributed by atoms with Gasteiger partial charge in [-0.15, -0.1) is 24.0 Å². The van der Waals surface area contributed by atoms with Crippen LogP contribution in [0.15, 0.2) is 53.5 Å². The first-order valence-corrected chi connectivity index (χ1v) is 10.4. The van der Waals surface area contributed by atoms with Crippen molar-refractivity contribution in [3.8, 4) is 5.75 Å². The molecule has 5 nitrogen and oxygen atoms in total. The molecule has 1 saturated heterocycles. The van der Waals surface area contributed by atoms with Crippen LogP contribution < -0.4 is 20.3 Å². The van der Waals surface area contributed by atoms with Crippen molar-refractivity contribution in [3.05, 3.63) is 59.7 Å². The van der Waals surface area contributed by atoms with Crippen LogP contribution >= 0.6 is 35.7 Å². The Kier molecular flexibility index (Phi) is 9.77. The molecule has 2 N–H and O–H groups in total. The van der Waals surface area contributed by atoms with E-state index in [-0.39, 0.29) is 24.0 Å². The summed E-state index contributed by atoms with van der Waals surface area (Å²) >= 11 is 2.04. The average Bonchev–Trinajstić information content (AvgIpc) is 2.75. The smallest absolute Gasteiger partial charge is 0.191 e. The van der Waals surface area contributed by atoms with Crippen molar-refractivity contribution >= 4 is 47.4 Å². The van der Waals surface area contributed by atoms with Gasteiger partial charge in [0, 0.05) is 50.4 Å². The van der Waals surface area contributed by atoms with Crippen LogP contribution in [0, 0.1) is 0 Å². The van der Waals surface area contributed by atoms with Crippen LogP contribution in [0.3, 0.4) is 0 Å². The number of anilines is 1. The molecule has 0 radical (unpaired) electrons. The van der Waals surface area contributed by atoms with Gasteiger partial charge in [0.1, 0.15) is 5.75 Å². The number of aliphatic imine (C=N–C) groups is 1. The molecule has 0 aliphatic carbocycles. The summed E-state index contributed by atoms with van der Waals surface area (Å²) < 4.78 is 5.27. The first-order chi connectivity index (χ1) is 13.3. The third-order valence-corrected chi connectivity index (χ3v) is 5.53. The Hall–Kier alpha value is -1.61. The van der Waals surface area contributed by atoms with Crippen molar-refractivity contribution in [2.75, 3.05) is 43.7 Å². The van der Waals surface area contributed by atoms with Crippen molar-refractivity contribution in [1.82, 2.24) is 10.6 Å². The van der Waals surface area contributed by atoms with Gasteiger partial charge in [-0.25, -0.2) is 0 Å². The lowest BCUT2D eigenvalue weighted by molar-refractivity contribution is 0.414. The van der Waals surface area contributed by atoms with E-state index in [1.165, 1.54) is 22.8 Å². The summed E-state index contributed by atoms with van der Waals surface area (Å²) in [5.41, 5.74) is 3.72. The van der Waals surface area contributed by atoms with Crippen LogP contribution in [0.25, 0.3) is 0 Å². The minimum absolute atomic E-state index is 0. The zero-order valence-corrected chi connectivity index (χ0v) is 19.6. The molecule has 152 valence electrons. The Bertz CT molecular complexity index is 748. The van der Waals surface area contributed by atoms with Gasteiger partial charge in [0.05, 0.1) is 7.11 Å². The predicted octanol–water partition coefficient (Wildman–Crippen LogP) is 3.73. The maximum absolute atomic E-state index is 5.27. The number of guanidine groups is 1. The molecule has 2 aromatic rings. The molecule has 7 heteroatoms. The highest BCUT2D eigenvalue weighted by Crippen LogP contribution is 2.19. The number of hydrogen-bond acceptors (Lipinski definition) is 4. The lowest BCUT2D eigenvalue weighted by Gasteiger charge is -2.28. The molecule has 0 aromatic heterocycles. The van der Waals surface area contributed by atoms with E-state index >= 15 is 0 Å². The van der Waals surface area contributed by atoms with Gasteiger partial charge in [-0.05, 0) is 35.4 Å². The van der Waals surface area contributed by atoms with Gasteiger partial charge >= 0.3 is 0 Å². The van der Waals surface area contributed by atoms with E-state index in [0.29, 0.717) is 6.54 Å². The molecule has 0 amide bonds. The van der Waals surface area contributed by atoms with Crippen molar-refractivity contribution in [3.63, 3.8) is 0 Å². The van der Waals surface area contributed by atoms with Crippen molar-refractivity contribution < 1.29 is 4.74 Å². The third kappa shape index (κ3) is 6.77. The summed E-state index contributed by atoms with van der Waals surface area (Å²) in [6.07, 6.45) is 0. The van der Waals surface area contributed by atoms with Gasteiger partial charge in [-0.1, -0.05) is 24.3 Å². The fraction of sp³-hybridized carbons (Fsp3) is 0.381. The zero-order valence-electron chi connectivity index (χ0n) is 16.5. The number of hydrogen-bond donors (Lipinski definition) is 2. The molecule has 1 aliphatic rings. The number of benzene rings is 2. The summed E-state index contributed by atoms with van der Waals surface area (Å²) in [6.45, 7) is 3.73. The van der Waals surface area contributed by atoms with Crippen molar-refractivity contribution in [2.24, 2.45) is 4.99 Å². The standard InChI is InChI=1S/C21H28N4OS.HI/c1-22-21(24-16-18-4-3-5-20(14-18)26-2)23-15-17-6-8-19(9-7-17)25-10-12-27-13-11-25;/h3-9,14H,10-13,15-16H2,1-2H3,(H2,22,23,24);1H. The van der Waals surface area contributed by atoms with Gasteiger partial charge in [0.2, 0.25) is 0 Å². The Morgan fingerprint density at radius 2 is 1.71 bits per heavy atom. The van der Waals surface area contributed by atoms with Gasteiger partial charge in [-0.2, -0.15) is 11.8 Å². The van der Waals surface area contributed by atoms with Crippen LogP contribution in [0.5, 0.6) is 5.75 Å². The largest absolute Gasteiger partial charge is 0.497 e. The number of ether oxygens (including phenoxy) is 1. The normalized spacial score (nSPS) is 14.2. The fourth-order valence-corrected chi connectivity index (χ4v) is 3.92. The van der Waals surface area contributed by atoms with Gasteiger partial charge < -0.3 is 20.3 Å². The summed E-state index contributed by atoms with van der Waals surface area (Å²) in [5, 5.41) is 6.72. The molecule has 28 heavy (non-hydrogen) atoms. The highest BCUT2D eigenvalue weighted by Gasteiger charge is 2.10. The number of halogens is 1. The van der Waals surface area contributed by atoms with E-state index in [4.69, 9.17) is 4.74 Å². The van der Waals surface area contributed by atoms with E-state index in [1.54, 1.807) is 14.2 Å². The summed E-state index contributed by atoms with van der Waals surface area (Å²) in [5.74, 6) is 4.09. The molecule has 1 heterocycles. The first-order valence-electron chi connectivity index (χ1n) is 9.27. The molecule has 1 aliphatic heterocycles. The molecule has 0 unspecified atom stereocenters. The average molecular weight is 512 g/mol. The molecule has 0 atom stereocenters. The molecular weight excluding hydrogens is 483 g/mol. The summed E-state index contributed by atoms with van der Waals surface area (Å²) in [7, 11) is 3.47. The third-order valence-electron chi connectivity index (χ3n) is 4.59. The lowest BCUT2D eigenvalue weighted by Crippen LogP contribution is -2.36. The van der Waals surface area contributed by atoms with Gasteiger partial charge in [0.15, 0.2) is 5.96 Å². The highest BCUT2D eigenvalue weighted by molar-refractivity contribution is 14.0. The second-order valence-corrected chi connectivity index (χ2v) is 7.62. The van der Waals surface area contributed by atoms with Crippen LogP contribution in [0.1, 0.15) is 11.1 Å². The van der Waals surface area contributed by atoms with Crippen LogP contribution in [0.4, 0.5) is 5.69 Å². The van der Waals surface area contributed by atoms with Crippen LogP contribution in [0.2, 0.25) is 0 Å². The quantitative estimate of drug-likeness (QED) is 0.351. The second-order valence-electron chi connectivity index (χ2n) is 6.40.